The van der Waals surface area contributed by atoms with Gasteiger partial charge in [-0.25, -0.2) is 8.78 Å². The van der Waals surface area contributed by atoms with Crippen molar-refractivity contribution >= 4 is 0 Å². The van der Waals surface area contributed by atoms with Gasteiger partial charge in [-0.15, -0.1) is 0 Å². The molecule has 0 radical (unpaired) electrons. The average molecular weight is 297 g/mol. The Bertz CT molecular complexity index is 457. The lowest BCUT2D eigenvalue weighted by atomic mass is 9.82. The van der Waals surface area contributed by atoms with Gasteiger partial charge in [0.2, 0.25) is 0 Å². The van der Waals surface area contributed by atoms with E-state index in [0.29, 0.717) is 23.8 Å². The van der Waals surface area contributed by atoms with E-state index < -0.39 is 11.6 Å². The zero-order valence-corrected chi connectivity index (χ0v) is 13.0. The molecule has 0 aliphatic heterocycles. The van der Waals surface area contributed by atoms with E-state index >= 15 is 0 Å². The molecule has 1 saturated carbocycles. The quantitative estimate of drug-likeness (QED) is 0.909. The molecule has 4 heteroatoms. The Morgan fingerprint density at radius 1 is 1.14 bits per heavy atom. The van der Waals surface area contributed by atoms with Crippen molar-refractivity contribution in [2.75, 3.05) is 0 Å². The smallest absolute Gasteiger partial charge is 0.191 e. The third-order valence-corrected chi connectivity index (χ3v) is 4.04. The van der Waals surface area contributed by atoms with E-state index in [9.17, 15) is 8.78 Å². The predicted octanol–water partition coefficient (Wildman–Crippen LogP) is 4.06. The van der Waals surface area contributed by atoms with Gasteiger partial charge >= 0.3 is 0 Å². The first-order valence-corrected chi connectivity index (χ1v) is 7.75. The lowest BCUT2D eigenvalue weighted by Gasteiger charge is -2.31. The third-order valence-electron chi connectivity index (χ3n) is 4.04. The standard InChI is InChI=1S/C17H25F2NO/c1-10-4-11(2)6-14(5-10)21-17-15(18)8-13(7-12(3)20)9-16(17)19/h8-12,14H,4-7,20H2,1-3H3. The van der Waals surface area contributed by atoms with Gasteiger partial charge < -0.3 is 10.5 Å². The van der Waals surface area contributed by atoms with Gasteiger partial charge in [0.15, 0.2) is 17.4 Å². The van der Waals surface area contributed by atoms with Crippen LogP contribution in [0, 0.1) is 23.5 Å². The lowest BCUT2D eigenvalue weighted by molar-refractivity contribution is 0.0927. The first-order chi connectivity index (χ1) is 9.85. The number of hydrogen-bond donors (Lipinski definition) is 1. The molecule has 0 heterocycles. The Balaban J connectivity index is 2.13. The van der Waals surface area contributed by atoms with Crippen LogP contribution in [-0.4, -0.2) is 12.1 Å². The molecule has 21 heavy (non-hydrogen) atoms. The van der Waals surface area contributed by atoms with E-state index in [1.807, 2.05) is 6.92 Å². The van der Waals surface area contributed by atoms with Crippen molar-refractivity contribution in [2.45, 2.75) is 58.6 Å². The summed E-state index contributed by atoms with van der Waals surface area (Å²) in [7, 11) is 0. The van der Waals surface area contributed by atoms with Crippen LogP contribution in [0.5, 0.6) is 5.75 Å². The molecule has 118 valence electrons. The molecule has 0 amide bonds. The monoisotopic (exact) mass is 297 g/mol. The minimum absolute atomic E-state index is 0.105. The highest BCUT2D eigenvalue weighted by atomic mass is 19.1. The predicted molar refractivity (Wildman–Crippen MR) is 80.3 cm³/mol. The fraction of sp³-hybridized carbons (Fsp3) is 0.647. The van der Waals surface area contributed by atoms with E-state index in [-0.39, 0.29) is 17.9 Å². The molecule has 1 aliphatic rings. The van der Waals surface area contributed by atoms with E-state index in [2.05, 4.69) is 13.8 Å². The normalized spacial score (nSPS) is 27.4. The second kappa shape index (κ2) is 6.73. The zero-order chi connectivity index (χ0) is 15.6. The molecule has 2 rings (SSSR count). The van der Waals surface area contributed by atoms with Crippen molar-refractivity contribution in [2.24, 2.45) is 17.6 Å². The molecule has 3 atom stereocenters. The first kappa shape index (κ1) is 16.2. The molecule has 0 saturated heterocycles. The third kappa shape index (κ3) is 4.40. The molecule has 0 spiro atoms. The van der Waals surface area contributed by atoms with Crippen LogP contribution in [0.15, 0.2) is 12.1 Å². The van der Waals surface area contributed by atoms with Crippen molar-refractivity contribution in [3.8, 4) is 5.75 Å². The molecule has 2 N–H and O–H groups in total. The summed E-state index contributed by atoms with van der Waals surface area (Å²) in [4.78, 5) is 0. The molecular weight excluding hydrogens is 272 g/mol. The van der Waals surface area contributed by atoms with E-state index in [0.717, 1.165) is 19.3 Å². The summed E-state index contributed by atoms with van der Waals surface area (Å²) in [5.74, 6) is -0.438. The summed E-state index contributed by atoms with van der Waals surface area (Å²) in [6.07, 6.45) is 3.20. The van der Waals surface area contributed by atoms with Crippen LogP contribution in [0.1, 0.15) is 45.6 Å². The van der Waals surface area contributed by atoms with Gasteiger partial charge in [-0.05, 0) is 62.1 Å². The van der Waals surface area contributed by atoms with Crippen LogP contribution in [0.3, 0.4) is 0 Å². The van der Waals surface area contributed by atoms with Crippen molar-refractivity contribution in [1.82, 2.24) is 0 Å². The first-order valence-electron chi connectivity index (χ1n) is 7.75. The van der Waals surface area contributed by atoms with Crippen LogP contribution in [0.2, 0.25) is 0 Å². The van der Waals surface area contributed by atoms with Crippen molar-refractivity contribution in [3.63, 3.8) is 0 Å². The highest BCUT2D eigenvalue weighted by Crippen LogP contribution is 2.33. The van der Waals surface area contributed by atoms with Crippen LogP contribution < -0.4 is 10.5 Å². The highest BCUT2D eigenvalue weighted by molar-refractivity contribution is 5.32. The van der Waals surface area contributed by atoms with Crippen molar-refractivity contribution in [1.29, 1.82) is 0 Å². The Kier molecular flexibility index (Phi) is 5.20. The van der Waals surface area contributed by atoms with E-state index in [4.69, 9.17) is 10.5 Å². The number of rotatable bonds is 4. The Labute approximate surface area is 125 Å². The molecule has 0 aromatic heterocycles. The molecule has 0 bridgehead atoms. The largest absolute Gasteiger partial charge is 0.484 e. The molecule has 1 fully saturated rings. The average Bonchev–Trinajstić information content (AvgIpc) is 2.31. The zero-order valence-electron chi connectivity index (χ0n) is 13.0. The Morgan fingerprint density at radius 2 is 1.67 bits per heavy atom. The second-order valence-electron chi connectivity index (χ2n) is 6.73. The number of halogens is 2. The maximum Gasteiger partial charge on any atom is 0.191 e. The summed E-state index contributed by atoms with van der Waals surface area (Å²) in [6.45, 7) is 6.12. The van der Waals surface area contributed by atoms with Crippen LogP contribution in [0.25, 0.3) is 0 Å². The molecule has 1 aromatic carbocycles. The van der Waals surface area contributed by atoms with Gasteiger partial charge in [0.25, 0.3) is 0 Å². The van der Waals surface area contributed by atoms with E-state index in [1.165, 1.54) is 12.1 Å². The fourth-order valence-electron chi connectivity index (χ4n) is 3.35. The van der Waals surface area contributed by atoms with E-state index in [1.54, 1.807) is 0 Å². The van der Waals surface area contributed by atoms with Crippen LogP contribution in [-0.2, 0) is 6.42 Å². The molecule has 2 nitrogen and oxygen atoms in total. The summed E-state index contributed by atoms with van der Waals surface area (Å²) >= 11 is 0. The second-order valence-corrected chi connectivity index (χ2v) is 6.73. The maximum atomic E-state index is 14.1. The number of ether oxygens (including phenoxy) is 1. The maximum absolute atomic E-state index is 14.1. The highest BCUT2D eigenvalue weighted by Gasteiger charge is 2.27. The minimum Gasteiger partial charge on any atom is -0.484 e. The SMILES string of the molecule is CC(N)Cc1cc(F)c(OC2CC(C)CC(C)C2)c(F)c1. The fourth-order valence-corrected chi connectivity index (χ4v) is 3.35. The molecule has 1 aromatic rings. The minimum atomic E-state index is -0.628. The Hall–Kier alpha value is -1.16. The molecule has 3 unspecified atom stereocenters. The van der Waals surface area contributed by atoms with Gasteiger partial charge in [-0.2, -0.15) is 0 Å². The van der Waals surface area contributed by atoms with Gasteiger partial charge in [0, 0.05) is 6.04 Å². The number of hydrogen-bond acceptors (Lipinski definition) is 2. The summed E-state index contributed by atoms with van der Waals surface area (Å²) in [5, 5.41) is 0. The van der Waals surface area contributed by atoms with Gasteiger partial charge in [-0.3, -0.25) is 0 Å². The summed E-state index contributed by atoms with van der Waals surface area (Å²) in [5.41, 5.74) is 6.23. The molecular formula is C17H25F2NO. The topological polar surface area (TPSA) is 35.2 Å². The van der Waals surface area contributed by atoms with Gasteiger partial charge in [0.05, 0.1) is 6.10 Å². The summed E-state index contributed by atoms with van der Waals surface area (Å²) in [6, 6.07) is 2.53. The molecule has 1 aliphatic carbocycles. The van der Waals surface area contributed by atoms with Crippen molar-refractivity contribution < 1.29 is 13.5 Å². The number of benzene rings is 1. The van der Waals surface area contributed by atoms with Gasteiger partial charge in [0.1, 0.15) is 0 Å². The van der Waals surface area contributed by atoms with Gasteiger partial charge in [-0.1, -0.05) is 13.8 Å². The van der Waals surface area contributed by atoms with Crippen LogP contribution >= 0.6 is 0 Å². The summed E-state index contributed by atoms with van der Waals surface area (Å²) < 4.78 is 33.8. The Morgan fingerprint density at radius 3 is 2.14 bits per heavy atom. The van der Waals surface area contributed by atoms with Crippen molar-refractivity contribution in [3.05, 3.63) is 29.3 Å². The lowest BCUT2D eigenvalue weighted by Crippen LogP contribution is -2.29. The number of nitrogens with two attached hydrogens (primary N) is 1. The van der Waals surface area contributed by atoms with Crippen LogP contribution in [0.4, 0.5) is 8.78 Å².